The Bertz CT molecular complexity index is 1110. The van der Waals surface area contributed by atoms with Gasteiger partial charge >= 0.3 is 5.97 Å². The van der Waals surface area contributed by atoms with Crippen molar-refractivity contribution >= 4 is 35.1 Å². The van der Waals surface area contributed by atoms with Gasteiger partial charge in [-0.1, -0.05) is 41.4 Å². The minimum atomic E-state index is -0.677. The number of benzene rings is 2. The molecule has 188 valence electrons. The number of amides is 1. The second-order valence-electron chi connectivity index (χ2n) is 9.82. The zero-order chi connectivity index (χ0) is 25.2. The molecule has 1 N–H and O–H groups in total. The topological polar surface area (TPSA) is 67.9 Å². The van der Waals surface area contributed by atoms with Crippen LogP contribution < -0.4 is 10.1 Å². The van der Waals surface area contributed by atoms with E-state index < -0.39 is 11.0 Å². The number of fused-ring (bicyclic) bond motifs is 1. The van der Waals surface area contributed by atoms with Crippen LogP contribution in [0, 0.1) is 0 Å². The smallest absolute Gasteiger partial charge is 0.303 e. The fourth-order valence-corrected chi connectivity index (χ4v) is 6.27. The van der Waals surface area contributed by atoms with Crippen molar-refractivity contribution in [3.05, 3.63) is 63.6 Å². The van der Waals surface area contributed by atoms with E-state index in [1.54, 1.807) is 19.2 Å². The minimum absolute atomic E-state index is 0.0523. The van der Waals surface area contributed by atoms with E-state index in [-0.39, 0.29) is 24.3 Å². The van der Waals surface area contributed by atoms with E-state index >= 15 is 0 Å². The van der Waals surface area contributed by atoms with Gasteiger partial charge < -0.3 is 19.7 Å². The van der Waals surface area contributed by atoms with Crippen LogP contribution in [0.5, 0.6) is 5.75 Å². The molecule has 1 saturated heterocycles. The summed E-state index contributed by atoms with van der Waals surface area (Å²) in [6, 6.07) is 13.2. The fourth-order valence-electron chi connectivity index (χ4n) is 5.95. The predicted octanol–water partition coefficient (Wildman–Crippen LogP) is 4.79. The first-order valence-electron chi connectivity index (χ1n) is 11.9. The standard InChI is InChI=1S/C27H32Cl2N2O4/c1-18(32)35-27-10-9-21(30-25(33)14-19-7-8-23(28)24(29)13-19)16-26(27,11-12-31(2)17-27)20-5-4-6-22(15-20)34-3/h4-8,13,15,21H,9-12,14,16-17H2,1-3H3,(H,30,33)/t21-,26-,27-/m0/s1. The van der Waals surface area contributed by atoms with Crippen LogP contribution >= 0.6 is 23.2 Å². The van der Waals surface area contributed by atoms with Gasteiger partial charge in [-0.05, 0) is 74.7 Å². The van der Waals surface area contributed by atoms with Crippen molar-refractivity contribution in [2.45, 2.75) is 56.1 Å². The number of nitrogens with one attached hydrogen (secondary N) is 1. The molecular weight excluding hydrogens is 487 g/mol. The van der Waals surface area contributed by atoms with Crippen molar-refractivity contribution in [3.63, 3.8) is 0 Å². The van der Waals surface area contributed by atoms with E-state index in [1.807, 2.05) is 24.3 Å². The lowest BCUT2D eigenvalue weighted by molar-refractivity contribution is -0.185. The normalized spacial score (nSPS) is 26.5. The number of likely N-dealkylation sites (tertiary alicyclic amines) is 1. The average Bonchev–Trinajstić information content (AvgIpc) is 2.81. The second-order valence-corrected chi connectivity index (χ2v) is 10.6. The van der Waals surface area contributed by atoms with E-state index in [2.05, 4.69) is 23.3 Å². The van der Waals surface area contributed by atoms with Crippen molar-refractivity contribution in [1.82, 2.24) is 10.2 Å². The molecule has 0 aromatic heterocycles. The lowest BCUT2D eigenvalue weighted by Crippen LogP contribution is -2.68. The van der Waals surface area contributed by atoms with E-state index in [9.17, 15) is 9.59 Å². The Hall–Kier alpha value is -2.28. The molecule has 8 heteroatoms. The van der Waals surface area contributed by atoms with Crippen LogP contribution in [0.3, 0.4) is 0 Å². The third-order valence-electron chi connectivity index (χ3n) is 7.48. The van der Waals surface area contributed by atoms with Gasteiger partial charge in [0.25, 0.3) is 0 Å². The average molecular weight is 519 g/mol. The monoisotopic (exact) mass is 518 g/mol. The summed E-state index contributed by atoms with van der Waals surface area (Å²) in [6.45, 7) is 2.99. The number of rotatable bonds is 6. The number of hydrogen-bond donors (Lipinski definition) is 1. The summed E-state index contributed by atoms with van der Waals surface area (Å²) in [6.07, 6.45) is 3.08. The molecule has 0 unspecified atom stereocenters. The first-order valence-corrected chi connectivity index (χ1v) is 12.7. The lowest BCUT2D eigenvalue weighted by atomic mass is 9.55. The Morgan fingerprint density at radius 3 is 2.66 bits per heavy atom. The maximum atomic E-state index is 13.0. The second kappa shape index (κ2) is 10.4. The largest absolute Gasteiger partial charge is 0.497 e. The van der Waals surface area contributed by atoms with Gasteiger partial charge in [-0.2, -0.15) is 0 Å². The van der Waals surface area contributed by atoms with E-state index in [4.69, 9.17) is 32.7 Å². The highest BCUT2D eigenvalue weighted by atomic mass is 35.5. The van der Waals surface area contributed by atoms with Gasteiger partial charge in [0, 0.05) is 24.9 Å². The molecule has 3 atom stereocenters. The number of halogens is 2. The molecule has 2 aromatic rings. The van der Waals surface area contributed by atoms with Crippen molar-refractivity contribution in [2.75, 3.05) is 27.2 Å². The van der Waals surface area contributed by atoms with Gasteiger partial charge in [-0.3, -0.25) is 9.59 Å². The molecule has 35 heavy (non-hydrogen) atoms. The maximum Gasteiger partial charge on any atom is 0.303 e. The number of nitrogens with zero attached hydrogens (tertiary/aromatic N) is 1. The number of carbonyl (C=O) groups is 2. The Morgan fingerprint density at radius 2 is 1.94 bits per heavy atom. The summed E-state index contributed by atoms with van der Waals surface area (Å²) in [4.78, 5) is 27.5. The summed E-state index contributed by atoms with van der Waals surface area (Å²) >= 11 is 12.1. The van der Waals surface area contributed by atoms with Crippen molar-refractivity contribution in [1.29, 1.82) is 0 Å². The molecule has 6 nitrogen and oxygen atoms in total. The zero-order valence-corrected chi connectivity index (χ0v) is 21.9. The number of likely N-dealkylation sites (N-methyl/N-ethyl adjacent to an activating group) is 1. The Labute approximate surface area is 216 Å². The number of piperidine rings is 1. The highest BCUT2D eigenvalue weighted by molar-refractivity contribution is 6.42. The first kappa shape index (κ1) is 25.8. The van der Waals surface area contributed by atoms with Crippen LogP contribution in [0.15, 0.2) is 42.5 Å². The molecule has 0 bridgehead atoms. The van der Waals surface area contributed by atoms with Crippen molar-refractivity contribution < 1.29 is 19.1 Å². The van der Waals surface area contributed by atoms with E-state index in [0.29, 0.717) is 29.4 Å². The quantitative estimate of drug-likeness (QED) is 0.556. The number of esters is 1. The summed E-state index contributed by atoms with van der Waals surface area (Å²) in [5.74, 6) is 0.412. The van der Waals surface area contributed by atoms with Gasteiger partial charge in [-0.15, -0.1) is 0 Å². The molecule has 2 aliphatic rings. The molecule has 1 aliphatic heterocycles. The number of carbonyl (C=O) groups excluding carboxylic acids is 2. The molecule has 4 rings (SSSR count). The molecule has 1 amide bonds. The molecule has 0 spiro atoms. The van der Waals surface area contributed by atoms with Gasteiger partial charge in [0.2, 0.25) is 5.91 Å². The Kier molecular flexibility index (Phi) is 7.65. The number of hydrogen-bond acceptors (Lipinski definition) is 5. The Balaban J connectivity index is 1.63. The summed E-state index contributed by atoms with van der Waals surface area (Å²) in [7, 11) is 3.71. The summed E-state index contributed by atoms with van der Waals surface area (Å²) in [5.41, 5.74) is 0.765. The fraction of sp³-hybridized carbons (Fsp3) is 0.481. The van der Waals surface area contributed by atoms with Crippen molar-refractivity contribution in [3.8, 4) is 5.75 Å². The molecule has 1 aliphatic carbocycles. The van der Waals surface area contributed by atoms with Gasteiger partial charge in [-0.25, -0.2) is 0 Å². The van der Waals surface area contributed by atoms with Crippen LogP contribution in [0.1, 0.15) is 43.7 Å². The van der Waals surface area contributed by atoms with E-state index in [1.165, 1.54) is 6.92 Å². The van der Waals surface area contributed by atoms with Crippen LogP contribution in [-0.4, -0.2) is 55.7 Å². The summed E-state index contributed by atoms with van der Waals surface area (Å²) < 4.78 is 11.7. The van der Waals surface area contributed by atoms with Gasteiger partial charge in [0.15, 0.2) is 0 Å². The molecule has 1 saturated carbocycles. The van der Waals surface area contributed by atoms with Crippen molar-refractivity contribution in [2.24, 2.45) is 0 Å². The van der Waals surface area contributed by atoms with E-state index in [0.717, 1.165) is 36.3 Å². The van der Waals surface area contributed by atoms with Crippen LogP contribution in [0.25, 0.3) is 0 Å². The molecule has 2 aromatic carbocycles. The third kappa shape index (κ3) is 5.30. The highest BCUT2D eigenvalue weighted by Gasteiger charge is 2.60. The number of methoxy groups -OCH3 is 1. The molecule has 1 heterocycles. The zero-order valence-electron chi connectivity index (χ0n) is 20.4. The lowest BCUT2D eigenvalue weighted by Gasteiger charge is -2.59. The summed E-state index contributed by atoms with van der Waals surface area (Å²) in [5, 5.41) is 4.14. The Morgan fingerprint density at radius 1 is 1.14 bits per heavy atom. The highest BCUT2D eigenvalue weighted by Crippen LogP contribution is 2.54. The predicted molar refractivity (Wildman–Crippen MR) is 137 cm³/mol. The molecular formula is C27H32Cl2N2O4. The molecule has 2 fully saturated rings. The van der Waals surface area contributed by atoms with Gasteiger partial charge in [0.1, 0.15) is 11.4 Å². The maximum absolute atomic E-state index is 13.0. The van der Waals surface area contributed by atoms with Crippen LogP contribution in [-0.2, 0) is 26.2 Å². The van der Waals surface area contributed by atoms with Crippen LogP contribution in [0.4, 0.5) is 0 Å². The van der Waals surface area contributed by atoms with Crippen LogP contribution in [0.2, 0.25) is 10.0 Å². The number of ether oxygens (including phenoxy) is 2. The minimum Gasteiger partial charge on any atom is -0.497 e. The first-order chi connectivity index (χ1) is 16.7. The third-order valence-corrected chi connectivity index (χ3v) is 8.22. The SMILES string of the molecule is COc1cccc([C@@]23CCN(C)C[C@@]2(OC(C)=O)CC[C@H](NC(=O)Cc2ccc(Cl)c(Cl)c2)C3)c1. The molecule has 0 radical (unpaired) electrons. The van der Waals surface area contributed by atoms with Gasteiger partial charge in [0.05, 0.1) is 23.6 Å².